The molecule has 0 unspecified atom stereocenters. The molecular weight excluding hydrogens is 226 g/mol. The summed E-state index contributed by atoms with van der Waals surface area (Å²) < 4.78 is 36.0. The van der Waals surface area contributed by atoms with Crippen molar-refractivity contribution >= 4 is 0 Å². The molecule has 1 fully saturated rings. The molecular formula is C13H16F2O2. The Balaban J connectivity index is 1.91. The molecule has 0 atom stereocenters. The minimum atomic E-state index is -2.48. The summed E-state index contributed by atoms with van der Waals surface area (Å²) in [5.41, 5.74) is 1.07. The van der Waals surface area contributed by atoms with Gasteiger partial charge >= 0.3 is 0 Å². The van der Waals surface area contributed by atoms with E-state index in [1.807, 2.05) is 25.1 Å². The van der Waals surface area contributed by atoms with E-state index in [2.05, 4.69) is 0 Å². The number of ether oxygens (including phenoxy) is 2. The van der Waals surface area contributed by atoms with Crippen LogP contribution in [-0.2, 0) is 0 Å². The van der Waals surface area contributed by atoms with Gasteiger partial charge in [-0.05, 0) is 24.6 Å². The van der Waals surface area contributed by atoms with Crippen LogP contribution in [0.5, 0.6) is 11.5 Å². The fourth-order valence-corrected chi connectivity index (χ4v) is 2.00. The Bertz CT molecular complexity index is 396. The molecule has 94 valence electrons. The predicted octanol–water partition coefficient (Wildman–Crippen LogP) is 3.43. The second-order valence-electron chi connectivity index (χ2n) is 4.60. The maximum absolute atomic E-state index is 12.6. The molecule has 0 aliphatic heterocycles. The highest BCUT2D eigenvalue weighted by Gasteiger charge is 2.45. The van der Waals surface area contributed by atoms with Crippen molar-refractivity contribution < 1.29 is 18.3 Å². The molecule has 4 heteroatoms. The summed E-state index contributed by atoms with van der Waals surface area (Å²) >= 11 is 0. The molecule has 2 nitrogen and oxygen atoms in total. The molecule has 0 spiro atoms. The third-order valence-electron chi connectivity index (χ3n) is 2.97. The molecule has 1 aliphatic rings. The summed E-state index contributed by atoms with van der Waals surface area (Å²) in [4.78, 5) is 0. The molecule has 0 bridgehead atoms. The molecule has 17 heavy (non-hydrogen) atoms. The number of aryl methyl sites for hydroxylation is 1. The van der Waals surface area contributed by atoms with Crippen molar-refractivity contribution in [2.75, 3.05) is 13.7 Å². The van der Waals surface area contributed by atoms with Gasteiger partial charge in [-0.25, -0.2) is 8.78 Å². The van der Waals surface area contributed by atoms with E-state index in [0.717, 1.165) is 5.56 Å². The average molecular weight is 242 g/mol. The number of benzene rings is 1. The maximum Gasteiger partial charge on any atom is 0.248 e. The lowest BCUT2D eigenvalue weighted by Gasteiger charge is -2.34. The second-order valence-corrected chi connectivity index (χ2v) is 4.60. The van der Waals surface area contributed by atoms with Crippen LogP contribution >= 0.6 is 0 Å². The third-order valence-corrected chi connectivity index (χ3v) is 2.97. The van der Waals surface area contributed by atoms with Gasteiger partial charge in [-0.15, -0.1) is 0 Å². The number of alkyl halides is 2. The fraction of sp³-hybridized carbons (Fsp3) is 0.538. The zero-order valence-electron chi connectivity index (χ0n) is 10.0. The SMILES string of the molecule is COc1cc(C)ccc1OCC1CC(F)(F)C1. The van der Waals surface area contributed by atoms with Crippen molar-refractivity contribution in [2.24, 2.45) is 5.92 Å². The van der Waals surface area contributed by atoms with Crippen molar-refractivity contribution in [1.82, 2.24) is 0 Å². The molecule has 2 rings (SSSR count). The first-order valence-electron chi connectivity index (χ1n) is 5.65. The van der Waals surface area contributed by atoms with Crippen LogP contribution in [0.3, 0.4) is 0 Å². The van der Waals surface area contributed by atoms with Crippen molar-refractivity contribution in [2.45, 2.75) is 25.7 Å². The highest BCUT2D eigenvalue weighted by Crippen LogP contribution is 2.42. The minimum absolute atomic E-state index is 0.0454. The van der Waals surface area contributed by atoms with Gasteiger partial charge < -0.3 is 9.47 Å². The summed E-state index contributed by atoms with van der Waals surface area (Å²) in [6, 6.07) is 5.59. The van der Waals surface area contributed by atoms with Crippen LogP contribution in [0, 0.1) is 12.8 Å². The first-order valence-corrected chi connectivity index (χ1v) is 5.65. The molecule has 0 radical (unpaired) electrons. The van der Waals surface area contributed by atoms with E-state index in [-0.39, 0.29) is 18.8 Å². The molecule has 1 aromatic carbocycles. The van der Waals surface area contributed by atoms with Crippen molar-refractivity contribution in [3.05, 3.63) is 23.8 Å². The van der Waals surface area contributed by atoms with Gasteiger partial charge in [-0.3, -0.25) is 0 Å². The van der Waals surface area contributed by atoms with Crippen LogP contribution < -0.4 is 9.47 Å². The van der Waals surface area contributed by atoms with Crippen LogP contribution in [0.25, 0.3) is 0 Å². The van der Waals surface area contributed by atoms with E-state index in [1.54, 1.807) is 7.11 Å². The standard InChI is InChI=1S/C13H16F2O2/c1-9-3-4-11(12(5-9)16-2)17-8-10-6-13(14,15)7-10/h3-5,10H,6-8H2,1-2H3. The molecule has 1 aromatic rings. The zero-order valence-corrected chi connectivity index (χ0v) is 10.0. The molecule has 1 aliphatic carbocycles. The van der Waals surface area contributed by atoms with Crippen LogP contribution in [-0.4, -0.2) is 19.6 Å². The Kier molecular flexibility index (Phi) is 3.22. The van der Waals surface area contributed by atoms with Gasteiger partial charge in [0.2, 0.25) is 5.92 Å². The van der Waals surface area contributed by atoms with Crippen LogP contribution in [0.4, 0.5) is 8.78 Å². The quantitative estimate of drug-likeness (QED) is 0.805. The molecule has 1 saturated carbocycles. The first kappa shape index (κ1) is 12.1. The Morgan fingerprint density at radius 2 is 2.00 bits per heavy atom. The molecule has 0 saturated heterocycles. The van der Waals surface area contributed by atoms with E-state index in [1.165, 1.54) is 0 Å². The maximum atomic E-state index is 12.6. The average Bonchev–Trinajstić information content (AvgIpc) is 2.24. The minimum Gasteiger partial charge on any atom is -0.493 e. The second kappa shape index (κ2) is 4.51. The van der Waals surface area contributed by atoms with Gasteiger partial charge in [0.25, 0.3) is 0 Å². The number of hydrogen-bond acceptors (Lipinski definition) is 2. The van der Waals surface area contributed by atoms with Gasteiger partial charge in [-0.1, -0.05) is 6.07 Å². The lowest BCUT2D eigenvalue weighted by Crippen LogP contribution is -2.38. The molecule has 0 aromatic heterocycles. The number of halogens is 2. The van der Waals surface area contributed by atoms with E-state index in [4.69, 9.17) is 9.47 Å². The van der Waals surface area contributed by atoms with Crippen LogP contribution in [0.2, 0.25) is 0 Å². The van der Waals surface area contributed by atoms with E-state index in [9.17, 15) is 8.78 Å². The summed E-state index contributed by atoms with van der Waals surface area (Å²) in [6.45, 7) is 2.29. The van der Waals surface area contributed by atoms with Crippen LogP contribution in [0.1, 0.15) is 18.4 Å². The Hall–Kier alpha value is -1.32. The lowest BCUT2D eigenvalue weighted by atomic mass is 9.82. The van der Waals surface area contributed by atoms with E-state index < -0.39 is 5.92 Å². The number of rotatable bonds is 4. The van der Waals surface area contributed by atoms with Crippen molar-refractivity contribution in [1.29, 1.82) is 0 Å². The number of hydrogen-bond donors (Lipinski definition) is 0. The topological polar surface area (TPSA) is 18.5 Å². The third kappa shape index (κ3) is 2.87. The summed E-state index contributed by atoms with van der Waals surface area (Å²) in [5, 5.41) is 0. The molecule has 0 amide bonds. The van der Waals surface area contributed by atoms with Gasteiger partial charge in [-0.2, -0.15) is 0 Å². The van der Waals surface area contributed by atoms with Gasteiger partial charge in [0.15, 0.2) is 11.5 Å². The van der Waals surface area contributed by atoms with Crippen LogP contribution in [0.15, 0.2) is 18.2 Å². The monoisotopic (exact) mass is 242 g/mol. The lowest BCUT2D eigenvalue weighted by molar-refractivity contribution is -0.119. The van der Waals surface area contributed by atoms with E-state index in [0.29, 0.717) is 18.1 Å². The Morgan fingerprint density at radius 3 is 2.59 bits per heavy atom. The van der Waals surface area contributed by atoms with Gasteiger partial charge in [0.05, 0.1) is 13.7 Å². The predicted molar refractivity (Wildman–Crippen MR) is 60.9 cm³/mol. The fourth-order valence-electron chi connectivity index (χ4n) is 2.00. The van der Waals surface area contributed by atoms with Gasteiger partial charge in [0, 0.05) is 18.8 Å². The molecule has 0 N–H and O–H groups in total. The summed E-state index contributed by atoms with van der Waals surface area (Å²) in [7, 11) is 1.57. The highest BCUT2D eigenvalue weighted by molar-refractivity contribution is 5.42. The summed E-state index contributed by atoms with van der Waals surface area (Å²) in [5.74, 6) is -1.26. The molecule has 0 heterocycles. The smallest absolute Gasteiger partial charge is 0.248 e. The van der Waals surface area contributed by atoms with Crippen molar-refractivity contribution in [3.8, 4) is 11.5 Å². The van der Waals surface area contributed by atoms with E-state index >= 15 is 0 Å². The summed E-state index contributed by atoms with van der Waals surface area (Å²) in [6.07, 6.45) is -0.137. The van der Waals surface area contributed by atoms with Crippen molar-refractivity contribution in [3.63, 3.8) is 0 Å². The number of methoxy groups -OCH3 is 1. The largest absolute Gasteiger partial charge is 0.493 e. The Labute approximate surface area is 99.5 Å². The van der Waals surface area contributed by atoms with Gasteiger partial charge in [0.1, 0.15) is 0 Å². The first-order chi connectivity index (χ1) is 8.00. The zero-order chi connectivity index (χ0) is 12.5. The normalized spacial score (nSPS) is 18.6. The highest BCUT2D eigenvalue weighted by atomic mass is 19.3. The Morgan fingerprint density at radius 1 is 1.29 bits per heavy atom.